The molecule has 0 aliphatic carbocycles. The van der Waals surface area contributed by atoms with E-state index in [1.54, 1.807) is 24.3 Å². The lowest BCUT2D eigenvalue weighted by Crippen LogP contribution is -2.36. The summed E-state index contributed by atoms with van der Waals surface area (Å²) in [5.41, 5.74) is 2.90. The van der Waals surface area contributed by atoms with Crippen LogP contribution in [0.1, 0.15) is 47.7 Å². The number of carbonyl (C=O) groups is 2. The Hall–Kier alpha value is -2.62. The number of hydrogen-bond donors (Lipinski definition) is 2. The molecule has 1 unspecified atom stereocenters. The van der Waals surface area contributed by atoms with Gasteiger partial charge in [0.15, 0.2) is 0 Å². The van der Waals surface area contributed by atoms with Crippen LogP contribution in [0.3, 0.4) is 0 Å². The van der Waals surface area contributed by atoms with Crippen molar-refractivity contribution in [1.29, 1.82) is 0 Å². The molecule has 0 saturated heterocycles. The molecule has 0 radical (unpaired) electrons. The fourth-order valence-electron chi connectivity index (χ4n) is 2.32. The molecular formula is C20H24N2O2. The van der Waals surface area contributed by atoms with Crippen LogP contribution in [0.15, 0.2) is 54.6 Å². The second-order valence-corrected chi connectivity index (χ2v) is 5.88. The standard InChI is InChI=1S/C20H24N2O2/c1-3-15(2)17-11-9-16(10-12-17)13-21-19(23)14-22-20(24)18-7-5-4-6-8-18/h4-12,15H,3,13-14H2,1-2H3,(H,21,23)(H,22,24). The summed E-state index contributed by atoms with van der Waals surface area (Å²) in [6.45, 7) is 4.80. The molecule has 0 saturated carbocycles. The quantitative estimate of drug-likeness (QED) is 0.821. The summed E-state index contributed by atoms with van der Waals surface area (Å²) < 4.78 is 0. The van der Waals surface area contributed by atoms with Gasteiger partial charge in [0.1, 0.15) is 0 Å². The van der Waals surface area contributed by atoms with Gasteiger partial charge in [-0.2, -0.15) is 0 Å². The second kappa shape index (κ2) is 8.87. The van der Waals surface area contributed by atoms with E-state index in [2.05, 4.69) is 36.6 Å². The number of benzene rings is 2. The maximum absolute atomic E-state index is 11.9. The third-order valence-electron chi connectivity index (χ3n) is 4.10. The van der Waals surface area contributed by atoms with Crippen molar-refractivity contribution in [2.45, 2.75) is 32.7 Å². The first kappa shape index (κ1) is 17.7. The molecule has 0 bridgehead atoms. The predicted octanol–water partition coefficient (Wildman–Crippen LogP) is 3.25. The van der Waals surface area contributed by atoms with E-state index in [0.717, 1.165) is 12.0 Å². The molecule has 0 aliphatic rings. The minimum atomic E-state index is -0.247. The molecule has 2 rings (SSSR count). The van der Waals surface area contributed by atoms with Crippen molar-refractivity contribution in [3.05, 3.63) is 71.3 Å². The van der Waals surface area contributed by atoms with Gasteiger partial charge in [-0.15, -0.1) is 0 Å². The van der Waals surface area contributed by atoms with Crippen LogP contribution in [0.2, 0.25) is 0 Å². The number of nitrogens with one attached hydrogen (secondary N) is 2. The Morgan fingerprint density at radius 2 is 1.62 bits per heavy atom. The summed E-state index contributed by atoms with van der Waals surface area (Å²) in [6.07, 6.45) is 1.11. The van der Waals surface area contributed by atoms with Crippen LogP contribution in [-0.2, 0) is 11.3 Å². The second-order valence-electron chi connectivity index (χ2n) is 5.88. The summed E-state index contributed by atoms with van der Waals surface area (Å²) in [5.74, 6) is 0.0933. The molecule has 0 spiro atoms. The van der Waals surface area contributed by atoms with Gasteiger partial charge in [-0.25, -0.2) is 0 Å². The van der Waals surface area contributed by atoms with Gasteiger partial charge in [0, 0.05) is 12.1 Å². The highest BCUT2D eigenvalue weighted by Gasteiger charge is 2.07. The van der Waals surface area contributed by atoms with Crippen molar-refractivity contribution in [2.24, 2.45) is 0 Å². The Bertz CT molecular complexity index is 666. The zero-order chi connectivity index (χ0) is 17.4. The van der Waals surface area contributed by atoms with Crippen molar-refractivity contribution in [3.63, 3.8) is 0 Å². The zero-order valence-corrected chi connectivity index (χ0v) is 14.2. The summed E-state index contributed by atoms with van der Waals surface area (Å²) in [6, 6.07) is 17.1. The van der Waals surface area contributed by atoms with Crippen LogP contribution in [-0.4, -0.2) is 18.4 Å². The molecule has 4 heteroatoms. The van der Waals surface area contributed by atoms with Gasteiger partial charge in [0.2, 0.25) is 5.91 Å². The normalized spacial score (nSPS) is 11.6. The molecule has 1 atom stereocenters. The number of hydrogen-bond acceptors (Lipinski definition) is 2. The van der Waals surface area contributed by atoms with E-state index in [0.29, 0.717) is 18.0 Å². The van der Waals surface area contributed by atoms with E-state index in [9.17, 15) is 9.59 Å². The molecular weight excluding hydrogens is 300 g/mol. The van der Waals surface area contributed by atoms with Crippen molar-refractivity contribution >= 4 is 11.8 Å². The molecule has 0 fully saturated rings. The van der Waals surface area contributed by atoms with E-state index in [1.165, 1.54) is 5.56 Å². The first-order chi connectivity index (χ1) is 11.6. The Morgan fingerprint density at radius 3 is 2.25 bits per heavy atom. The smallest absolute Gasteiger partial charge is 0.251 e. The monoisotopic (exact) mass is 324 g/mol. The van der Waals surface area contributed by atoms with E-state index >= 15 is 0 Å². The summed E-state index contributed by atoms with van der Waals surface area (Å²) >= 11 is 0. The Balaban J connectivity index is 1.76. The van der Waals surface area contributed by atoms with E-state index in [4.69, 9.17) is 0 Å². The van der Waals surface area contributed by atoms with Crippen molar-refractivity contribution in [1.82, 2.24) is 10.6 Å². The molecule has 0 heterocycles. The molecule has 0 aliphatic heterocycles. The summed E-state index contributed by atoms with van der Waals surface area (Å²) in [7, 11) is 0. The molecule has 2 aromatic rings. The Kier molecular flexibility index (Phi) is 6.55. The highest BCUT2D eigenvalue weighted by Crippen LogP contribution is 2.18. The average Bonchev–Trinajstić information content (AvgIpc) is 2.64. The maximum Gasteiger partial charge on any atom is 0.251 e. The van der Waals surface area contributed by atoms with Crippen LogP contribution in [0.5, 0.6) is 0 Å². The molecule has 2 N–H and O–H groups in total. The van der Waals surface area contributed by atoms with E-state index in [1.807, 2.05) is 18.2 Å². The maximum atomic E-state index is 11.9. The number of rotatable bonds is 7. The lowest BCUT2D eigenvalue weighted by molar-refractivity contribution is -0.120. The largest absolute Gasteiger partial charge is 0.350 e. The molecule has 24 heavy (non-hydrogen) atoms. The van der Waals surface area contributed by atoms with Gasteiger partial charge in [0.05, 0.1) is 6.54 Å². The third kappa shape index (κ3) is 5.23. The minimum Gasteiger partial charge on any atom is -0.350 e. The van der Waals surface area contributed by atoms with Crippen molar-refractivity contribution in [3.8, 4) is 0 Å². The first-order valence-corrected chi connectivity index (χ1v) is 8.29. The van der Waals surface area contributed by atoms with E-state index < -0.39 is 0 Å². The summed E-state index contributed by atoms with van der Waals surface area (Å²) in [5, 5.41) is 5.43. The van der Waals surface area contributed by atoms with Crippen LogP contribution >= 0.6 is 0 Å². The minimum absolute atomic E-state index is 0.0291. The molecule has 4 nitrogen and oxygen atoms in total. The van der Waals surface area contributed by atoms with Gasteiger partial charge in [-0.05, 0) is 35.6 Å². The molecule has 2 aromatic carbocycles. The number of amides is 2. The lowest BCUT2D eigenvalue weighted by Gasteiger charge is -2.10. The van der Waals surface area contributed by atoms with Crippen LogP contribution in [0, 0.1) is 0 Å². The molecule has 2 amide bonds. The van der Waals surface area contributed by atoms with E-state index in [-0.39, 0.29) is 18.4 Å². The van der Waals surface area contributed by atoms with Gasteiger partial charge in [0.25, 0.3) is 5.91 Å². The third-order valence-corrected chi connectivity index (χ3v) is 4.10. The van der Waals surface area contributed by atoms with Crippen molar-refractivity contribution in [2.75, 3.05) is 6.54 Å². The first-order valence-electron chi connectivity index (χ1n) is 8.29. The fraction of sp³-hybridized carbons (Fsp3) is 0.300. The molecule has 0 aromatic heterocycles. The molecule has 126 valence electrons. The van der Waals surface area contributed by atoms with Crippen molar-refractivity contribution < 1.29 is 9.59 Å². The fourth-order valence-corrected chi connectivity index (χ4v) is 2.32. The average molecular weight is 324 g/mol. The van der Waals surface area contributed by atoms with Crippen LogP contribution in [0.4, 0.5) is 0 Å². The van der Waals surface area contributed by atoms with Gasteiger partial charge in [-0.1, -0.05) is 56.3 Å². The van der Waals surface area contributed by atoms with Gasteiger partial charge < -0.3 is 10.6 Å². The lowest BCUT2D eigenvalue weighted by atomic mass is 9.98. The predicted molar refractivity (Wildman–Crippen MR) is 95.8 cm³/mol. The van der Waals surface area contributed by atoms with Gasteiger partial charge >= 0.3 is 0 Å². The SMILES string of the molecule is CCC(C)c1ccc(CNC(=O)CNC(=O)c2ccccc2)cc1. The Morgan fingerprint density at radius 1 is 0.958 bits per heavy atom. The van der Waals surface area contributed by atoms with Crippen LogP contribution in [0.25, 0.3) is 0 Å². The van der Waals surface area contributed by atoms with Gasteiger partial charge in [-0.3, -0.25) is 9.59 Å². The topological polar surface area (TPSA) is 58.2 Å². The Labute approximate surface area is 143 Å². The van der Waals surface area contributed by atoms with Crippen LogP contribution < -0.4 is 10.6 Å². The zero-order valence-electron chi connectivity index (χ0n) is 14.2. The highest BCUT2D eigenvalue weighted by molar-refractivity contribution is 5.96. The number of carbonyl (C=O) groups excluding carboxylic acids is 2. The summed E-state index contributed by atoms with van der Waals surface area (Å²) in [4.78, 5) is 23.7. The highest BCUT2D eigenvalue weighted by atomic mass is 16.2.